The molecular formula is C12H15NOS. The van der Waals surface area contributed by atoms with Crippen molar-refractivity contribution in [3.05, 3.63) is 35.4 Å². The Morgan fingerprint density at radius 2 is 2.40 bits per heavy atom. The number of aryl methyl sites for hydroxylation is 1. The van der Waals surface area contributed by atoms with Crippen molar-refractivity contribution >= 4 is 17.7 Å². The summed E-state index contributed by atoms with van der Waals surface area (Å²) >= 11 is 1.83. The molecule has 80 valence electrons. The Morgan fingerprint density at radius 3 is 3.07 bits per heavy atom. The van der Waals surface area contributed by atoms with Gasteiger partial charge in [-0.2, -0.15) is 0 Å². The number of nitrogens with zero attached hydrogens (tertiary/aromatic N) is 1. The van der Waals surface area contributed by atoms with Gasteiger partial charge < -0.3 is 4.90 Å². The second-order valence-corrected chi connectivity index (χ2v) is 4.94. The Bertz CT molecular complexity index is 358. The average molecular weight is 221 g/mol. The first-order chi connectivity index (χ1) is 7.25. The highest BCUT2D eigenvalue weighted by Gasteiger charge is 2.18. The summed E-state index contributed by atoms with van der Waals surface area (Å²) in [4.78, 5) is 13.8. The zero-order chi connectivity index (χ0) is 10.7. The smallest absolute Gasteiger partial charge is 0.227 e. The molecule has 1 fully saturated rings. The minimum Gasteiger partial charge on any atom is -0.332 e. The first-order valence-electron chi connectivity index (χ1n) is 5.17. The Labute approximate surface area is 94.7 Å². The van der Waals surface area contributed by atoms with E-state index in [1.54, 1.807) is 0 Å². The molecule has 0 bridgehead atoms. The highest BCUT2D eigenvalue weighted by molar-refractivity contribution is 7.99. The lowest BCUT2D eigenvalue weighted by molar-refractivity contribution is -0.128. The van der Waals surface area contributed by atoms with Gasteiger partial charge in [-0.25, -0.2) is 0 Å². The van der Waals surface area contributed by atoms with Gasteiger partial charge in [-0.3, -0.25) is 4.79 Å². The lowest BCUT2D eigenvalue weighted by Gasteiger charge is -2.14. The van der Waals surface area contributed by atoms with Crippen LogP contribution in [0, 0.1) is 6.92 Å². The van der Waals surface area contributed by atoms with Crippen molar-refractivity contribution in [1.82, 2.24) is 4.90 Å². The van der Waals surface area contributed by atoms with E-state index in [0.717, 1.165) is 23.7 Å². The van der Waals surface area contributed by atoms with Crippen LogP contribution in [0.25, 0.3) is 0 Å². The zero-order valence-corrected chi connectivity index (χ0v) is 9.72. The van der Waals surface area contributed by atoms with Gasteiger partial charge in [0.05, 0.1) is 12.3 Å². The van der Waals surface area contributed by atoms with Crippen molar-refractivity contribution in [1.29, 1.82) is 0 Å². The van der Waals surface area contributed by atoms with Gasteiger partial charge >= 0.3 is 0 Å². The van der Waals surface area contributed by atoms with E-state index in [1.165, 1.54) is 5.56 Å². The minimum atomic E-state index is 0.255. The lowest BCUT2D eigenvalue weighted by atomic mass is 10.1. The molecule has 1 amide bonds. The summed E-state index contributed by atoms with van der Waals surface area (Å²) in [6.45, 7) is 2.97. The van der Waals surface area contributed by atoms with Gasteiger partial charge in [0.1, 0.15) is 0 Å². The normalized spacial score (nSPS) is 15.7. The summed E-state index contributed by atoms with van der Waals surface area (Å²) in [7, 11) is 0. The number of hydrogen-bond donors (Lipinski definition) is 0. The van der Waals surface area contributed by atoms with Gasteiger partial charge in [0, 0.05) is 12.3 Å². The zero-order valence-electron chi connectivity index (χ0n) is 8.90. The molecule has 1 heterocycles. The fraction of sp³-hybridized carbons (Fsp3) is 0.417. The molecule has 0 spiro atoms. The maximum atomic E-state index is 11.8. The molecule has 0 radical (unpaired) electrons. The maximum Gasteiger partial charge on any atom is 0.227 e. The molecule has 1 aromatic carbocycles. The van der Waals surface area contributed by atoms with E-state index in [9.17, 15) is 4.79 Å². The quantitative estimate of drug-likeness (QED) is 0.762. The van der Waals surface area contributed by atoms with Crippen molar-refractivity contribution in [2.45, 2.75) is 13.3 Å². The topological polar surface area (TPSA) is 20.3 Å². The standard InChI is InChI=1S/C12H15NOS/c1-10-3-2-4-11(7-10)8-12(14)13-5-6-15-9-13/h2-4,7H,5-6,8-9H2,1H3. The van der Waals surface area contributed by atoms with Gasteiger partial charge in [0.2, 0.25) is 5.91 Å². The van der Waals surface area contributed by atoms with Crippen LogP contribution in [0.2, 0.25) is 0 Å². The summed E-state index contributed by atoms with van der Waals surface area (Å²) in [5.74, 6) is 2.20. The largest absolute Gasteiger partial charge is 0.332 e. The fourth-order valence-corrected chi connectivity index (χ4v) is 2.69. The first-order valence-corrected chi connectivity index (χ1v) is 6.32. The van der Waals surface area contributed by atoms with Gasteiger partial charge in [0.15, 0.2) is 0 Å². The third kappa shape index (κ3) is 2.75. The third-order valence-corrected chi connectivity index (χ3v) is 3.51. The van der Waals surface area contributed by atoms with E-state index in [1.807, 2.05) is 28.8 Å². The second kappa shape index (κ2) is 4.71. The highest BCUT2D eigenvalue weighted by Crippen LogP contribution is 2.15. The molecule has 0 aromatic heterocycles. The molecule has 0 atom stereocenters. The average Bonchev–Trinajstić information content (AvgIpc) is 2.70. The van der Waals surface area contributed by atoms with Crippen LogP contribution in [0.1, 0.15) is 11.1 Å². The molecule has 0 unspecified atom stereocenters. The molecule has 0 saturated carbocycles. The summed E-state index contributed by atoms with van der Waals surface area (Å²) < 4.78 is 0. The monoisotopic (exact) mass is 221 g/mol. The van der Waals surface area contributed by atoms with Crippen molar-refractivity contribution in [3.63, 3.8) is 0 Å². The highest BCUT2D eigenvalue weighted by atomic mass is 32.2. The minimum absolute atomic E-state index is 0.255. The van der Waals surface area contributed by atoms with Crippen molar-refractivity contribution in [2.24, 2.45) is 0 Å². The SMILES string of the molecule is Cc1cccc(CC(=O)N2CCSC2)c1. The lowest BCUT2D eigenvalue weighted by Crippen LogP contribution is -2.29. The van der Waals surface area contributed by atoms with Crippen LogP contribution in [-0.2, 0) is 11.2 Å². The van der Waals surface area contributed by atoms with E-state index in [0.29, 0.717) is 6.42 Å². The Morgan fingerprint density at radius 1 is 1.53 bits per heavy atom. The molecule has 2 nitrogen and oxygen atoms in total. The molecule has 2 rings (SSSR count). The van der Waals surface area contributed by atoms with Crippen LogP contribution in [0.5, 0.6) is 0 Å². The summed E-state index contributed by atoms with van der Waals surface area (Å²) in [6.07, 6.45) is 0.544. The van der Waals surface area contributed by atoms with Crippen molar-refractivity contribution < 1.29 is 4.79 Å². The molecule has 1 aromatic rings. The number of carbonyl (C=O) groups excluding carboxylic acids is 1. The molecule has 0 aliphatic carbocycles. The number of thioether (sulfide) groups is 1. The Hall–Kier alpha value is -0.960. The van der Waals surface area contributed by atoms with E-state index < -0.39 is 0 Å². The van der Waals surface area contributed by atoms with Crippen LogP contribution in [-0.4, -0.2) is 29.0 Å². The third-order valence-electron chi connectivity index (χ3n) is 2.54. The van der Waals surface area contributed by atoms with E-state index in [-0.39, 0.29) is 5.91 Å². The van der Waals surface area contributed by atoms with Crippen LogP contribution >= 0.6 is 11.8 Å². The molecule has 3 heteroatoms. The van der Waals surface area contributed by atoms with Gasteiger partial charge in [0.25, 0.3) is 0 Å². The summed E-state index contributed by atoms with van der Waals surface area (Å²) in [5, 5.41) is 0. The van der Waals surface area contributed by atoms with Crippen molar-refractivity contribution in [3.8, 4) is 0 Å². The summed E-state index contributed by atoms with van der Waals surface area (Å²) in [5.41, 5.74) is 2.34. The van der Waals surface area contributed by atoms with E-state index >= 15 is 0 Å². The predicted molar refractivity (Wildman–Crippen MR) is 63.9 cm³/mol. The first kappa shape index (κ1) is 10.6. The van der Waals surface area contributed by atoms with E-state index in [4.69, 9.17) is 0 Å². The molecule has 0 N–H and O–H groups in total. The van der Waals surface area contributed by atoms with Crippen molar-refractivity contribution in [2.75, 3.05) is 18.2 Å². The number of benzene rings is 1. The molecule has 1 aliphatic rings. The Kier molecular flexibility index (Phi) is 3.31. The van der Waals surface area contributed by atoms with Gasteiger partial charge in [-0.15, -0.1) is 11.8 Å². The molecule has 15 heavy (non-hydrogen) atoms. The number of amides is 1. The summed E-state index contributed by atoms with van der Waals surface area (Å²) in [6, 6.07) is 8.17. The van der Waals surface area contributed by atoms with Crippen LogP contribution in [0.3, 0.4) is 0 Å². The molecule has 1 saturated heterocycles. The maximum absolute atomic E-state index is 11.8. The number of carbonyl (C=O) groups is 1. The van der Waals surface area contributed by atoms with Crippen LogP contribution < -0.4 is 0 Å². The predicted octanol–water partition coefficient (Wildman–Crippen LogP) is 2.07. The Balaban J connectivity index is 1.99. The van der Waals surface area contributed by atoms with Gasteiger partial charge in [-0.05, 0) is 12.5 Å². The number of hydrogen-bond acceptors (Lipinski definition) is 2. The molecular weight excluding hydrogens is 206 g/mol. The number of rotatable bonds is 2. The van der Waals surface area contributed by atoms with Crippen LogP contribution in [0.15, 0.2) is 24.3 Å². The second-order valence-electron chi connectivity index (χ2n) is 3.86. The van der Waals surface area contributed by atoms with Gasteiger partial charge in [-0.1, -0.05) is 29.8 Å². The van der Waals surface area contributed by atoms with Crippen LogP contribution in [0.4, 0.5) is 0 Å². The fourth-order valence-electron chi connectivity index (χ4n) is 1.72. The van der Waals surface area contributed by atoms with E-state index in [2.05, 4.69) is 19.1 Å². The molecule has 1 aliphatic heterocycles.